The van der Waals surface area contributed by atoms with Crippen molar-refractivity contribution in [3.63, 3.8) is 0 Å². The SMILES string of the molecule is N#Cc1cccc(C2CCCn3nc(NC(=O)c4cccnc4)nc32)c1. The van der Waals surface area contributed by atoms with E-state index < -0.39 is 0 Å². The molecule has 1 unspecified atom stereocenters. The Bertz CT molecular complexity index is 989. The van der Waals surface area contributed by atoms with Gasteiger partial charge in [-0.15, -0.1) is 5.10 Å². The number of rotatable bonds is 3. The normalized spacial score (nSPS) is 15.7. The molecule has 3 heterocycles. The first kappa shape index (κ1) is 16.0. The highest BCUT2D eigenvalue weighted by atomic mass is 16.1. The van der Waals surface area contributed by atoms with Gasteiger partial charge in [-0.3, -0.25) is 15.1 Å². The fraction of sp³-hybridized carbons (Fsp3) is 0.211. The lowest BCUT2D eigenvalue weighted by Crippen LogP contribution is -2.18. The third-order valence-electron chi connectivity index (χ3n) is 4.44. The Morgan fingerprint density at radius 3 is 3.04 bits per heavy atom. The number of amides is 1. The smallest absolute Gasteiger partial charge is 0.259 e. The molecule has 4 rings (SSSR count). The fourth-order valence-electron chi connectivity index (χ4n) is 3.22. The zero-order valence-corrected chi connectivity index (χ0v) is 14.0. The van der Waals surface area contributed by atoms with Crippen LogP contribution in [0, 0.1) is 11.3 Å². The van der Waals surface area contributed by atoms with Crippen molar-refractivity contribution in [3.05, 3.63) is 71.3 Å². The number of nitriles is 1. The lowest BCUT2D eigenvalue weighted by atomic mass is 9.90. The number of aryl methyl sites for hydroxylation is 1. The summed E-state index contributed by atoms with van der Waals surface area (Å²) in [7, 11) is 0. The summed E-state index contributed by atoms with van der Waals surface area (Å²) in [5.74, 6) is 0.877. The number of nitrogens with one attached hydrogen (secondary N) is 1. The number of anilines is 1. The average Bonchev–Trinajstić information content (AvgIpc) is 3.11. The maximum absolute atomic E-state index is 12.3. The maximum atomic E-state index is 12.3. The monoisotopic (exact) mass is 344 g/mol. The van der Waals surface area contributed by atoms with Gasteiger partial charge in [-0.1, -0.05) is 12.1 Å². The Balaban J connectivity index is 1.61. The quantitative estimate of drug-likeness (QED) is 0.788. The average molecular weight is 344 g/mol. The Kier molecular flexibility index (Phi) is 4.15. The number of carbonyl (C=O) groups is 1. The molecule has 1 aliphatic rings. The van der Waals surface area contributed by atoms with E-state index in [-0.39, 0.29) is 17.8 Å². The summed E-state index contributed by atoms with van der Waals surface area (Å²) in [5.41, 5.74) is 2.13. The molecular formula is C19H16N6O. The van der Waals surface area contributed by atoms with E-state index in [0.29, 0.717) is 11.1 Å². The van der Waals surface area contributed by atoms with Crippen LogP contribution in [0.25, 0.3) is 0 Å². The zero-order chi connectivity index (χ0) is 17.9. The molecule has 1 aliphatic heterocycles. The van der Waals surface area contributed by atoms with Crippen molar-refractivity contribution in [3.8, 4) is 6.07 Å². The van der Waals surface area contributed by atoms with Crippen molar-refractivity contribution in [1.29, 1.82) is 5.26 Å². The molecule has 0 spiro atoms. The van der Waals surface area contributed by atoms with E-state index in [4.69, 9.17) is 5.26 Å². The van der Waals surface area contributed by atoms with Crippen molar-refractivity contribution in [2.45, 2.75) is 25.3 Å². The van der Waals surface area contributed by atoms with Gasteiger partial charge in [0.05, 0.1) is 17.2 Å². The first-order chi connectivity index (χ1) is 12.7. The standard InChI is InChI=1S/C19H16N6O/c20-11-13-4-1-5-14(10-13)16-7-3-9-25-17(16)22-19(24-25)23-18(26)15-6-2-8-21-12-15/h1-2,4-6,8,10,12,16H,3,7,9H2,(H,23,24,26). The molecular weight excluding hydrogens is 328 g/mol. The van der Waals surface area contributed by atoms with Gasteiger partial charge in [0.1, 0.15) is 5.82 Å². The summed E-state index contributed by atoms with van der Waals surface area (Å²) in [6.45, 7) is 0.763. The lowest BCUT2D eigenvalue weighted by molar-refractivity contribution is 0.102. The van der Waals surface area contributed by atoms with Crippen LogP contribution in [0.15, 0.2) is 48.8 Å². The minimum atomic E-state index is -0.288. The van der Waals surface area contributed by atoms with Gasteiger partial charge in [0.15, 0.2) is 0 Å². The molecule has 0 saturated heterocycles. The number of carbonyl (C=O) groups excluding carboxylic acids is 1. The minimum absolute atomic E-state index is 0.0635. The van der Waals surface area contributed by atoms with Crippen LogP contribution in [0.3, 0.4) is 0 Å². The third-order valence-corrected chi connectivity index (χ3v) is 4.44. The molecule has 3 aromatic rings. The molecule has 26 heavy (non-hydrogen) atoms. The molecule has 1 atom stereocenters. The highest BCUT2D eigenvalue weighted by Gasteiger charge is 2.26. The van der Waals surface area contributed by atoms with Gasteiger partial charge < -0.3 is 0 Å². The number of nitrogens with zero attached hydrogens (tertiary/aromatic N) is 5. The van der Waals surface area contributed by atoms with Crippen LogP contribution >= 0.6 is 0 Å². The first-order valence-corrected chi connectivity index (χ1v) is 8.41. The van der Waals surface area contributed by atoms with E-state index in [1.807, 2.05) is 22.9 Å². The van der Waals surface area contributed by atoms with Gasteiger partial charge in [0.2, 0.25) is 5.95 Å². The summed E-state index contributed by atoms with van der Waals surface area (Å²) in [6, 6.07) is 13.1. The largest absolute Gasteiger partial charge is 0.289 e. The number of fused-ring (bicyclic) bond motifs is 1. The van der Waals surface area contributed by atoms with Crippen molar-refractivity contribution < 1.29 is 4.79 Å². The van der Waals surface area contributed by atoms with Crippen molar-refractivity contribution in [1.82, 2.24) is 19.7 Å². The fourth-order valence-corrected chi connectivity index (χ4v) is 3.22. The summed E-state index contributed by atoms with van der Waals surface area (Å²) >= 11 is 0. The van der Waals surface area contributed by atoms with E-state index in [9.17, 15) is 4.79 Å². The predicted molar refractivity (Wildman–Crippen MR) is 94.4 cm³/mol. The summed E-state index contributed by atoms with van der Waals surface area (Å²) < 4.78 is 1.84. The van der Waals surface area contributed by atoms with Gasteiger partial charge >= 0.3 is 0 Å². The second-order valence-electron chi connectivity index (χ2n) is 6.14. The highest BCUT2D eigenvalue weighted by Crippen LogP contribution is 2.33. The topological polar surface area (TPSA) is 96.5 Å². The van der Waals surface area contributed by atoms with E-state index >= 15 is 0 Å². The van der Waals surface area contributed by atoms with Crippen LogP contribution in [0.5, 0.6) is 0 Å². The molecule has 0 saturated carbocycles. The van der Waals surface area contributed by atoms with Gasteiger partial charge in [-0.05, 0) is 42.7 Å². The van der Waals surface area contributed by atoms with Crippen molar-refractivity contribution >= 4 is 11.9 Å². The second-order valence-corrected chi connectivity index (χ2v) is 6.14. The number of pyridine rings is 1. The van der Waals surface area contributed by atoms with Gasteiger partial charge in [0, 0.05) is 24.9 Å². The molecule has 7 heteroatoms. The lowest BCUT2D eigenvalue weighted by Gasteiger charge is -2.22. The number of aromatic nitrogens is 4. The third kappa shape index (κ3) is 3.05. The second kappa shape index (κ2) is 6.76. The Morgan fingerprint density at radius 2 is 2.23 bits per heavy atom. The molecule has 1 N–H and O–H groups in total. The molecule has 7 nitrogen and oxygen atoms in total. The predicted octanol–water partition coefficient (Wildman–Crippen LogP) is 2.72. The van der Waals surface area contributed by atoms with Crippen LogP contribution in [-0.2, 0) is 6.54 Å². The molecule has 1 amide bonds. The van der Waals surface area contributed by atoms with Crippen molar-refractivity contribution in [2.75, 3.05) is 5.32 Å². The molecule has 0 radical (unpaired) electrons. The first-order valence-electron chi connectivity index (χ1n) is 8.41. The Hall–Kier alpha value is -3.53. The highest BCUT2D eigenvalue weighted by molar-refractivity contribution is 6.03. The van der Waals surface area contributed by atoms with Gasteiger partial charge in [-0.25, -0.2) is 4.68 Å². The van der Waals surface area contributed by atoms with Crippen LogP contribution in [0.4, 0.5) is 5.95 Å². The molecule has 0 fully saturated rings. The van der Waals surface area contributed by atoms with E-state index in [1.165, 1.54) is 6.20 Å². The van der Waals surface area contributed by atoms with E-state index in [0.717, 1.165) is 30.8 Å². The van der Waals surface area contributed by atoms with Gasteiger partial charge in [0.25, 0.3) is 5.91 Å². The van der Waals surface area contributed by atoms with Crippen LogP contribution in [0.2, 0.25) is 0 Å². The van der Waals surface area contributed by atoms with Crippen LogP contribution in [-0.4, -0.2) is 25.7 Å². The van der Waals surface area contributed by atoms with Gasteiger partial charge in [-0.2, -0.15) is 10.2 Å². The van der Waals surface area contributed by atoms with Crippen LogP contribution in [0.1, 0.15) is 46.1 Å². The number of hydrogen-bond acceptors (Lipinski definition) is 5. The van der Waals surface area contributed by atoms with E-state index in [1.54, 1.807) is 24.4 Å². The maximum Gasteiger partial charge on any atom is 0.259 e. The van der Waals surface area contributed by atoms with Crippen molar-refractivity contribution in [2.24, 2.45) is 0 Å². The molecule has 128 valence electrons. The summed E-state index contributed by atoms with van der Waals surface area (Å²) in [5, 5.41) is 16.3. The molecule has 1 aromatic carbocycles. The van der Waals surface area contributed by atoms with E-state index in [2.05, 4.69) is 26.5 Å². The number of hydrogen-bond donors (Lipinski definition) is 1. The molecule has 0 bridgehead atoms. The minimum Gasteiger partial charge on any atom is -0.289 e. The Morgan fingerprint density at radius 1 is 1.31 bits per heavy atom. The van der Waals surface area contributed by atoms with Crippen LogP contribution < -0.4 is 5.32 Å². The summed E-state index contributed by atoms with van der Waals surface area (Å²) in [4.78, 5) is 20.8. The molecule has 0 aliphatic carbocycles. The summed E-state index contributed by atoms with van der Waals surface area (Å²) in [6.07, 6.45) is 5.02. The molecule has 2 aromatic heterocycles. The number of benzene rings is 1. The Labute approximate surface area is 150 Å². The zero-order valence-electron chi connectivity index (χ0n) is 14.0.